The molecule has 2 aliphatic rings. The Morgan fingerprint density at radius 3 is 2.33 bits per heavy atom. The summed E-state index contributed by atoms with van der Waals surface area (Å²) in [6.45, 7) is 1.44. The maximum Gasteiger partial charge on any atom is 0.231 e. The van der Waals surface area contributed by atoms with Crippen molar-refractivity contribution in [1.29, 1.82) is 0 Å². The Morgan fingerprint density at radius 2 is 1.71 bits per heavy atom. The number of hydrogen-bond acceptors (Lipinski definition) is 6. The Hall–Kier alpha value is -2.57. The van der Waals surface area contributed by atoms with Crippen molar-refractivity contribution in [2.75, 3.05) is 12.1 Å². The van der Waals surface area contributed by atoms with E-state index in [1.165, 1.54) is 19.1 Å². The zero-order valence-corrected chi connectivity index (χ0v) is 13.3. The van der Waals surface area contributed by atoms with Crippen LogP contribution in [0.4, 0.5) is 5.69 Å². The van der Waals surface area contributed by atoms with Gasteiger partial charge in [-0.15, -0.1) is 0 Å². The highest BCUT2D eigenvalue weighted by atomic mass is 16.7. The van der Waals surface area contributed by atoms with Gasteiger partial charge in [-0.1, -0.05) is 12.8 Å². The summed E-state index contributed by atoms with van der Waals surface area (Å²) >= 11 is 0. The molecule has 0 spiro atoms. The Balaban J connectivity index is 1.86. The number of carboxylic acid groups (broad SMARTS) is 1. The largest absolute Gasteiger partial charge is 0.550 e. The predicted molar refractivity (Wildman–Crippen MR) is 81.7 cm³/mol. The molecule has 128 valence electrons. The summed E-state index contributed by atoms with van der Waals surface area (Å²) in [7, 11) is 0. The number of carbonyl (C=O) groups excluding carboxylic acids is 3. The number of fused-ring (bicyclic) bond motifs is 1. The average molecular weight is 332 g/mol. The fourth-order valence-electron chi connectivity index (χ4n) is 3.29. The number of ether oxygens (including phenoxy) is 2. The highest BCUT2D eigenvalue weighted by molar-refractivity contribution is 6.05. The van der Waals surface area contributed by atoms with Crippen LogP contribution in [0.3, 0.4) is 0 Å². The first kappa shape index (κ1) is 16.3. The number of Topliss-reactive ketones (excluding diaryl/α,β-unsaturated/α-hetero) is 1. The number of hydrogen-bond donors (Lipinski definition) is 1. The second-order valence-corrected chi connectivity index (χ2v) is 6.11. The van der Waals surface area contributed by atoms with Gasteiger partial charge in [0, 0.05) is 29.4 Å². The molecule has 3 rings (SSSR count). The Bertz CT molecular complexity index is 699. The molecule has 1 heterocycles. The third-order valence-electron chi connectivity index (χ3n) is 4.56. The van der Waals surface area contributed by atoms with E-state index in [0.29, 0.717) is 35.6 Å². The van der Waals surface area contributed by atoms with Crippen LogP contribution in [0.2, 0.25) is 0 Å². The molecule has 0 radical (unpaired) electrons. The molecule has 1 fully saturated rings. The van der Waals surface area contributed by atoms with E-state index in [4.69, 9.17) is 9.47 Å². The van der Waals surface area contributed by atoms with Crippen LogP contribution < -0.4 is 19.9 Å². The van der Waals surface area contributed by atoms with Crippen LogP contribution in [-0.4, -0.2) is 24.5 Å². The van der Waals surface area contributed by atoms with Crippen molar-refractivity contribution in [1.82, 2.24) is 0 Å². The van der Waals surface area contributed by atoms with E-state index in [0.717, 1.165) is 12.8 Å². The first-order valence-electron chi connectivity index (χ1n) is 7.93. The molecule has 0 aromatic heterocycles. The van der Waals surface area contributed by atoms with Crippen molar-refractivity contribution >= 4 is 23.3 Å². The minimum atomic E-state index is -1.20. The van der Waals surface area contributed by atoms with E-state index in [1.807, 2.05) is 0 Å². The molecule has 24 heavy (non-hydrogen) atoms. The van der Waals surface area contributed by atoms with Crippen LogP contribution in [-0.2, 0) is 9.59 Å². The molecular weight excluding hydrogens is 314 g/mol. The first-order chi connectivity index (χ1) is 11.5. The summed E-state index contributed by atoms with van der Waals surface area (Å²) in [6, 6.07) is 3.06. The number of rotatable bonds is 4. The lowest BCUT2D eigenvalue weighted by atomic mass is 9.78. The molecule has 0 saturated heterocycles. The minimum absolute atomic E-state index is 0.0550. The van der Waals surface area contributed by atoms with E-state index in [2.05, 4.69) is 5.32 Å². The molecule has 1 aliphatic carbocycles. The molecule has 2 atom stereocenters. The zero-order valence-electron chi connectivity index (χ0n) is 13.3. The lowest BCUT2D eigenvalue weighted by molar-refractivity contribution is -0.313. The molecular formula is C17H18NO6-. The van der Waals surface area contributed by atoms with Crippen LogP contribution in [0.15, 0.2) is 12.1 Å². The molecule has 1 aromatic rings. The van der Waals surface area contributed by atoms with Crippen LogP contribution in [0.25, 0.3) is 0 Å². The van der Waals surface area contributed by atoms with E-state index in [9.17, 15) is 19.5 Å². The molecule has 1 aliphatic heterocycles. The van der Waals surface area contributed by atoms with Crippen molar-refractivity contribution in [2.45, 2.75) is 32.6 Å². The summed E-state index contributed by atoms with van der Waals surface area (Å²) in [5.41, 5.74) is 0.604. The molecule has 2 unspecified atom stereocenters. The van der Waals surface area contributed by atoms with E-state index in [1.54, 1.807) is 0 Å². The van der Waals surface area contributed by atoms with Gasteiger partial charge < -0.3 is 24.7 Å². The summed E-state index contributed by atoms with van der Waals surface area (Å²) < 4.78 is 10.5. The second-order valence-electron chi connectivity index (χ2n) is 6.11. The van der Waals surface area contributed by atoms with E-state index >= 15 is 0 Å². The Labute approximate surface area is 138 Å². The van der Waals surface area contributed by atoms with Gasteiger partial charge in [0.2, 0.25) is 12.7 Å². The normalized spacial score (nSPS) is 22.0. The summed E-state index contributed by atoms with van der Waals surface area (Å²) in [6.07, 6.45) is 2.49. The number of carboxylic acids is 1. The van der Waals surface area contributed by atoms with Gasteiger partial charge in [0.05, 0.1) is 5.69 Å². The van der Waals surface area contributed by atoms with E-state index in [-0.39, 0.29) is 12.6 Å². The van der Waals surface area contributed by atoms with Gasteiger partial charge in [0.25, 0.3) is 0 Å². The molecule has 7 heteroatoms. The summed E-state index contributed by atoms with van der Waals surface area (Å²) in [5.74, 6) is -2.41. The number of benzene rings is 1. The second kappa shape index (κ2) is 6.51. The molecule has 1 N–H and O–H groups in total. The Morgan fingerprint density at radius 1 is 1.08 bits per heavy atom. The van der Waals surface area contributed by atoms with Gasteiger partial charge in [0.15, 0.2) is 17.3 Å². The summed E-state index contributed by atoms with van der Waals surface area (Å²) in [5, 5.41) is 14.0. The smallest absolute Gasteiger partial charge is 0.231 e. The zero-order chi connectivity index (χ0) is 17.3. The molecule has 1 amide bonds. The third-order valence-corrected chi connectivity index (χ3v) is 4.56. The van der Waals surface area contributed by atoms with Gasteiger partial charge in [-0.3, -0.25) is 9.59 Å². The lowest BCUT2D eigenvalue weighted by Gasteiger charge is -2.31. The number of aliphatic carboxylic acids is 1. The number of nitrogens with one attached hydrogen (secondary N) is 1. The molecule has 1 aromatic carbocycles. The van der Waals surface area contributed by atoms with Crippen LogP contribution in [0, 0.1) is 11.8 Å². The number of carbonyl (C=O) groups is 3. The fourth-order valence-corrected chi connectivity index (χ4v) is 3.29. The van der Waals surface area contributed by atoms with Crippen molar-refractivity contribution in [3.63, 3.8) is 0 Å². The van der Waals surface area contributed by atoms with Crippen LogP contribution >= 0.6 is 0 Å². The molecule has 0 bridgehead atoms. The third kappa shape index (κ3) is 3.06. The van der Waals surface area contributed by atoms with Crippen LogP contribution in [0.1, 0.15) is 43.0 Å². The number of amides is 1. The maximum absolute atomic E-state index is 12.6. The topological polar surface area (TPSA) is 105 Å². The first-order valence-corrected chi connectivity index (χ1v) is 7.93. The Kier molecular flexibility index (Phi) is 4.42. The SMILES string of the molecule is CC(=O)c1cc2c(cc1NC(=O)C1CCCCC1C(=O)[O-])OCO2. The molecule has 1 saturated carbocycles. The standard InChI is InChI=1S/C17H19NO6/c1-9(19)12-6-14-15(24-8-23-14)7-13(12)18-16(20)10-4-2-3-5-11(10)17(21)22/h6-7,10-11H,2-5,8H2,1H3,(H,18,20)(H,21,22)/p-1. The van der Waals surface area contributed by atoms with Gasteiger partial charge in [-0.2, -0.15) is 0 Å². The van der Waals surface area contributed by atoms with Crippen LogP contribution in [0.5, 0.6) is 11.5 Å². The maximum atomic E-state index is 12.6. The monoisotopic (exact) mass is 332 g/mol. The van der Waals surface area contributed by atoms with Gasteiger partial charge in [-0.05, 0) is 25.8 Å². The number of ketones is 1. The van der Waals surface area contributed by atoms with Gasteiger partial charge >= 0.3 is 0 Å². The highest BCUT2D eigenvalue weighted by Crippen LogP contribution is 2.38. The fraction of sp³-hybridized carbons (Fsp3) is 0.471. The van der Waals surface area contributed by atoms with E-state index < -0.39 is 23.7 Å². The minimum Gasteiger partial charge on any atom is -0.550 e. The van der Waals surface area contributed by atoms with Crippen molar-refractivity contribution in [2.24, 2.45) is 11.8 Å². The van der Waals surface area contributed by atoms with Gasteiger partial charge in [-0.25, -0.2) is 0 Å². The summed E-state index contributed by atoms with van der Waals surface area (Å²) in [4.78, 5) is 35.7. The van der Waals surface area contributed by atoms with Crippen molar-refractivity contribution in [3.8, 4) is 11.5 Å². The quantitative estimate of drug-likeness (QED) is 0.828. The highest BCUT2D eigenvalue weighted by Gasteiger charge is 2.32. The lowest BCUT2D eigenvalue weighted by Crippen LogP contribution is -2.42. The molecule has 7 nitrogen and oxygen atoms in total. The van der Waals surface area contributed by atoms with Crippen molar-refractivity contribution in [3.05, 3.63) is 17.7 Å². The van der Waals surface area contributed by atoms with Crippen molar-refractivity contribution < 1.29 is 29.0 Å². The predicted octanol–water partition coefficient (Wildman–Crippen LogP) is 1.11. The number of anilines is 1. The average Bonchev–Trinajstić information content (AvgIpc) is 3.01. The van der Waals surface area contributed by atoms with Gasteiger partial charge in [0.1, 0.15) is 0 Å².